The summed E-state index contributed by atoms with van der Waals surface area (Å²) in [7, 11) is 0. The molecule has 4 rings (SSSR count). The molecule has 3 N–H and O–H groups in total. The number of ether oxygens (including phenoxy) is 1. The van der Waals surface area contributed by atoms with Crippen LogP contribution in [0.1, 0.15) is 44.8 Å². The van der Waals surface area contributed by atoms with Crippen LogP contribution in [-0.2, 0) is 19.1 Å². The van der Waals surface area contributed by atoms with Crippen LogP contribution in [0.3, 0.4) is 0 Å². The van der Waals surface area contributed by atoms with E-state index in [1.54, 1.807) is 39.2 Å². The van der Waals surface area contributed by atoms with Crippen molar-refractivity contribution in [2.75, 3.05) is 11.1 Å². The van der Waals surface area contributed by atoms with Gasteiger partial charge in [-0.15, -0.1) is 33.3 Å². The molecule has 0 unspecified atom stereocenters. The van der Waals surface area contributed by atoms with Crippen molar-refractivity contribution < 1.29 is 29.0 Å². The lowest BCUT2D eigenvalue weighted by molar-refractivity contribution is -0.150. The van der Waals surface area contributed by atoms with E-state index in [2.05, 4.69) is 25.8 Å². The maximum atomic E-state index is 13.2. The standard InChI is InChI=1S/C23H26N6O6S4/c1-6-7-11(12-8-37-20(24-12)26-21(34)35-23(3,4)5)16(30)25-14-17(31)29-15(19(32)33)13(9-36-18(14)29)39-22-28-27-10(2)38-22/h7-8,14,18H,6,9H2,1-5H3,(H,25,30)(H,32,33)(H,24,26,34)/t14-,18+/m1/s1. The number of thiazole rings is 1. The lowest BCUT2D eigenvalue weighted by Crippen LogP contribution is -2.70. The summed E-state index contributed by atoms with van der Waals surface area (Å²) in [5, 5.41) is 25.2. The molecule has 2 aromatic rings. The van der Waals surface area contributed by atoms with Gasteiger partial charge in [-0.1, -0.05) is 36.1 Å². The fourth-order valence-corrected chi connectivity index (χ4v) is 7.83. The number of nitrogens with zero attached hydrogens (tertiary/aromatic N) is 4. The summed E-state index contributed by atoms with van der Waals surface area (Å²) in [6.07, 6.45) is 1.54. The molecule has 3 amide bonds. The van der Waals surface area contributed by atoms with Gasteiger partial charge >= 0.3 is 12.1 Å². The van der Waals surface area contributed by atoms with Crippen LogP contribution in [0.5, 0.6) is 0 Å². The van der Waals surface area contributed by atoms with Crippen molar-refractivity contribution >= 4 is 80.8 Å². The minimum Gasteiger partial charge on any atom is -0.477 e. The molecular formula is C23H26N6O6S4. The third-order valence-electron chi connectivity index (χ3n) is 5.18. The van der Waals surface area contributed by atoms with Crippen molar-refractivity contribution in [2.45, 2.75) is 62.4 Å². The van der Waals surface area contributed by atoms with E-state index in [1.807, 2.05) is 6.92 Å². The Labute approximate surface area is 240 Å². The first-order valence-electron chi connectivity index (χ1n) is 11.7. The second-order valence-corrected chi connectivity index (χ2v) is 13.8. The highest BCUT2D eigenvalue weighted by atomic mass is 32.2. The van der Waals surface area contributed by atoms with Gasteiger partial charge in [-0.3, -0.25) is 19.8 Å². The number of amides is 3. The maximum absolute atomic E-state index is 13.2. The second-order valence-electron chi connectivity index (χ2n) is 9.32. The van der Waals surface area contributed by atoms with Crippen LogP contribution in [0.25, 0.3) is 5.57 Å². The Bertz CT molecular complexity index is 1380. The SMILES string of the molecule is CCC=C(C(=O)N[C@@H]1C(=O)N2C(C(=O)O)=C(Sc3nnc(C)s3)CS[C@@H]12)c1csc(NC(=O)OC(C)(C)C)n1. The Kier molecular flexibility index (Phi) is 8.68. The summed E-state index contributed by atoms with van der Waals surface area (Å²) in [5.74, 6) is -1.91. The van der Waals surface area contributed by atoms with Crippen molar-refractivity contribution in [2.24, 2.45) is 0 Å². The zero-order valence-corrected chi connectivity index (χ0v) is 24.9. The minimum atomic E-state index is -1.22. The number of carboxylic acids is 1. The largest absolute Gasteiger partial charge is 0.477 e. The van der Waals surface area contributed by atoms with Crippen LogP contribution in [0.15, 0.2) is 26.4 Å². The molecule has 2 aromatic heterocycles. The highest BCUT2D eigenvalue weighted by Gasteiger charge is 2.54. The zero-order chi connectivity index (χ0) is 28.5. The van der Waals surface area contributed by atoms with E-state index in [0.717, 1.165) is 16.3 Å². The molecular weight excluding hydrogens is 585 g/mol. The Morgan fingerprint density at radius 3 is 2.67 bits per heavy atom. The van der Waals surface area contributed by atoms with E-state index >= 15 is 0 Å². The van der Waals surface area contributed by atoms with Gasteiger partial charge in [-0.2, -0.15) is 0 Å². The number of fused-ring (bicyclic) bond motifs is 1. The van der Waals surface area contributed by atoms with Gasteiger partial charge in [0.15, 0.2) is 9.47 Å². The lowest BCUT2D eigenvalue weighted by atomic mass is 10.0. The molecule has 208 valence electrons. The third kappa shape index (κ3) is 6.62. The number of carbonyl (C=O) groups excluding carboxylic acids is 3. The fraction of sp³-hybridized carbons (Fsp3) is 0.435. The summed E-state index contributed by atoms with van der Waals surface area (Å²) < 4.78 is 5.83. The zero-order valence-electron chi connectivity index (χ0n) is 21.6. The number of carboxylic acid groups (broad SMARTS) is 1. The number of aliphatic carboxylic acids is 1. The number of thioether (sulfide) groups is 2. The van der Waals surface area contributed by atoms with Crippen molar-refractivity contribution in [3.63, 3.8) is 0 Å². The molecule has 0 bridgehead atoms. The molecule has 1 fully saturated rings. The molecule has 0 radical (unpaired) electrons. The number of carbonyl (C=O) groups is 4. The first-order chi connectivity index (χ1) is 18.4. The smallest absolute Gasteiger partial charge is 0.413 e. The minimum absolute atomic E-state index is 0.103. The number of aryl methyl sites for hydroxylation is 1. The van der Waals surface area contributed by atoms with Crippen LogP contribution in [0.2, 0.25) is 0 Å². The Balaban J connectivity index is 1.46. The molecule has 39 heavy (non-hydrogen) atoms. The van der Waals surface area contributed by atoms with Crippen molar-refractivity contribution in [1.82, 2.24) is 25.4 Å². The number of hydrogen-bond donors (Lipinski definition) is 3. The lowest BCUT2D eigenvalue weighted by Gasteiger charge is -2.49. The monoisotopic (exact) mass is 610 g/mol. The van der Waals surface area contributed by atoms with E-state index < -0.39 is 40.9 Å². The molecule has 0 aromatic carbocycles. The average molecular weight is 611 g/mol. The van der Waals surface area contributed by atoms with Gasteiger partial charge in [-0.05, 0) is 34.1 Å². The number of nitrogens with one attached hydrogen (secondary N) is 2. The highest BCUT2D eigenvalue weighted by molar-refractivity contribution is 8.07. The van der Waals surface area contributed by atoms with Crippen molar-refractivity contribution in [3.05, 3.63) is 32.8 Å². The Hall–Kier alpha value is -2.95. The number of rotatable bonds is 8. The Morgan fingerprint density at radius 1 is 1.31 bits per heavy atom. The normalized spacial score (nSPS) is 19.4. The third-order valence-corrected chi connectivity index (χ3v) is 9.38. The Morgan fingerprint density at radius 2 is 2.05 bits per heavy atom. The van der Waals surface area contributed by atoms with Crippen LogP contribution in [0.4, 0.5) is 9.93 Å². The topological polar surface area (TPSA) is 164 Å². The second kappa shape index (κ2) is 11.7. The van der Waals surface area contributed by atoms with Gasteiger partial charge in [0.2, 0.25) is 0 Å². The number of aromatic nitrogens is 3. The van der Waals surface area contributed by atoms with Gasteiger partial charge < -0.3 is 15.2 Å². The van der Waals surface area contributed by atoms with Gasteiger partial charge in [-0.25, -0.2) is 14.6 Å². The van der Waals surface area contributed by atoms with Crippen molar-refractivity contribution in [3.8, 4) is 0 Å². The fourth-order valence-electron chi connectivity index (χ4n) is 3.68. The molecule has 2 aliphatic rings. The molecule has 16 heteroatoms. The van der Waals surface area contributed by atoms with Crippen LogP contribution < -0.4 is 10.6 Å². The number of allylic oxidation sites excluding steroid dienone is 1. The predicted molar refractivity (Wildman–Crippen MR) is 150 cm³/mol. The highest BCUT2D eigenvalue weighted by Crippen LogP contribution is 2.45. The summed E-state index contributed by atoms with van der Waals surface area (Å²) >= 11 is 5.03. The van der Waals surface area contributed by atoms with Gasteiger partial charge in [0.1, 0.15) is 27.7 Å². The molecule has 0 aliphatic carbocycles. The molecule has 4 heterocycles. The molecule has 0 saturated carbocycles. The van der Waals surface area contributed by atoms with E-state index in [0.29, 0.717) is 27.1 Å². The van der Waals surface area contributed by atoms with Crippen LogP contribution >= 0.6 is 46.2 Å². The molecule has 2 atom stereocenters. The summed E-state index contributed by atoms with van der Waals surface area (Å²) in [4.78, 5) is 56.6. The van der Waals surface area contributed by atoms with Gasteiger partial charge in [0, 0.05) is 16.0 Å². The van der Waals surface area contributed by atoms with Gasteiger partial charge in [0.25, 0.3) is 11.8 Å². The van der Waals surface area contributed by atoms with E-state index in [9.17, 15) is 24.3 Å². The number of hydrogen-bond acceptors (Lipinski definition) is 12. The maximum Gasteiger partial charge on any atom is 0.413 e. The molecule has 12 nitrogen and oxygen atoms in total. The number of β-lactam (4-membered cyclic amide) rings is 1. The van der Waals surface area contributed by atoms with Gasteiger partial charge in [0.05, 0.1) is 11.3 Å². The predicted octanol–water partition coefficient (Wildman–Crippen LogP) is 3.93. The molecule has 0 spiro atoms. The van der Waals surface area contributed by atoms with E-state index in [-0.39, 0.29) is 16.4 Å². The van der Waals surface area contributed by atoms with Crippen molar-refractivity contribution in [1.29, 1.82) is 0 Å². The van der Waals surface area contributed by atoms with E-state index in [4.69, 9.17) is 4.74 Å². The molecule has 2 aliphatic heterocycles. The summed E-state index contributed by atoms with van der Waals surface area (Å²) in [5.41, 5.74) is -0.199. The first-order valence-corrected chi connectivity index (χ1v) is 15.3. The quantitative estimate of drug-likeness (QED) is 0.293. The molecule has 1 saturated heterocycles. The average Bonchev–Trinajstić information content (AvgIpc) is 3.47. The van der Waals surface area contributed by atoms with Crippen LogP contribution in [0, 0.1) is 6.92 Å². The van der Waals surface area contributed by atoms with Crippen LogP contribution in [-0.4, -0.2) is 71.8 Å². The number of anilines is 1. The van der Waals surface area contributed by atoms with E-state index in [1.165, 1.54) is 39.8 Å². The first kappa shape index (κ1) is 29.0. The summed E-state index contributed by atoms with van der Waals surface area (Å²) in [6, 6.07) is -0.898. The summed E-state index contributed by atoms with van der Waals surface area (Å²) in [6.45, 7) is 8.89.